The molecule has 0 aliphatic heterocycles. The Balaban J connectivity index is 1.69. The molecule has 4 nitrogen and oxygen atoms in total. The SMILES string of the molecule is O=c1cc(COc2cccc3ccccc23)oc2cccc(O)c12. The van der Waals surface area contributed by atoms with Crippen molar-refractivity contribution in [2.24, 2.45) is 0 Å². The fourth-order valence-electron chi connectivity index (χ4n) is 2.78. The van der Waals surface area contributed by atoms with E-state index in [-0.39, 0.29) is 23.2 Å². The van der Waals surface area contributed by atoms with Gasteiger partial charge in [-0.05, 0) is 23.6 Å². The van der Waals surface area contributed by atoms with Crippen LogP contribution in [-0.4, -0.2) is 5.11 Å². The van der Waals surface area contributed by atoms with Crippen LogP contribution in [0.1, 0.15) is 5.76 Å². The molecule has 4 rings (SSSR count). The van der Waals surface area contributed by atoms with E-state index in [2.05, 4.69) is 0 Å². The lowest BCUT2D eigenvalue weighted by Gasteiger charge is -2.09. The molecule has 1 heterocycles. The molecule has 0 spiro atoms. The summed E-state index contributed by atoms with van der Waals surface area (Å²) in [6.07, 6.45) is 0. The first-order valence-electron chi connectivity index (χ1n) is 7.58. The van der Waals surface area contributed by atoms with Gasteiger partial charge in [-0.1, -0.05) is 42.5 Å². The van der Waals surface area contributed by atoms with Gasteiger partial charge >= 0.3 is 0 Å². The monoisotopic (exact) mass is 318 g/mol. The van der Waals surface area contributed by atoms with Gasteiger partial charge in [0, 0.05) is 11.5 Å². The van der Waals surface area contributed by atoms with Gasteiger partial charge in [0.1, 0.15) is 34.8 Å². The topological polar surface area (TPSA) is 59.7 Å². The lowest BCUT2D eigenvalue weighted by atomic mass is 10.1. The van der Waals surface area contributed by atoms with Crippen molar-refractivity contribution in [1.29, 1.82) is 0 Å². The van der Waals surface area contributed by atoms with Gasteiger partial charge < -0.3 is 14.3 Å². The fraction of sp³-hybridized carbons (Fsp3) is 0.0500. The summed E-state index contributed by atoms with van der Waals surface area (Å²) >= 11 is 0. The van der Waals surface area contributed by atoms with Gasteiger partial charge in [-0.15, -0.1) is 0 Å². The number of aromatic hydroxyl groups is 1. The molecule has 0 saturated carbocycles. The lowest BCUT2D eigenvalue weighted by Crippen LogP contribution is -2.05. The fourth-order valence-corrected chi connectivity index (χ4v) is 2.78. The minimum Gasteiger partial charge on any atom is -0.507 e. The largest absolute Gasteiger partial charge is 0.507 e. The average Bonchev–Trinajstić information content (AvgIpc) is 2.59. The van der Waals surface area contributed by atoms with Crippen molar-refractivity contribution < 1.29 is 14.3 Å². The van der Waals surface area contributed by atoms with E-state index in [0.717, 1.165) is 16.5 Å². The molecular formula is C20H14O4. The average molecular weight is 318 g/mol. The van der Waals surface area contributed by atoms with Crippen LogP contribution in [0.4, 0.5) is 0 Å². The molecule has 118 valence electrons. The minimum atomic E-state index is -0.286. The molecule has 0 aliphatic carbocycles. The zero-order valence-electron chi connectivity index (χ0n) is 12.7. The van der Waals surface area contributed by atoms with Gasteiger partial charge in [0.15, 0.2) is 5.43 Å². The van der Waals surface area contributed by atoms with Crippen LogP contribution in [0.3, 0.4) is 0 Å². The van der Waals surface area contributed by atoms with E-state index in [1.807, 2.05) is 42.5 Å². The second-order valence-corrected chi connectivity index (χ2v) is 5.49. The first-order chi connectivity index (χ1) is 11.7. The summed E-state index contributed by atoms with van der Waals surface area (Å²) in [4.78, 5) is 12.2. The second kappa shape index (κ2) is 5.74. The predicted molar refractivity (Wildman–Crippen MR) is 92.4 cm³/mol. The van der Waals surface area contributed by atoms with Gasteiger partial charge in [-0.25, -0.2) is 0 Å². The van der Waals surface area contributed by atoms with Crippen molar-refractivity contribution in [2.45, 2.75) is 6.61 Å². The van der Waals surface area contributed by atoms with Crippen LogP contribution < -0.4 is 10.2 Å². The lowest BCUT2D eigenvalue weighted by molar-refractivity contribution is 0.275. The number of hydrogen-bond donors (Lipinski definition) is 1. The zero-order valence-corrected chi connectivity index (χ0v) is 12.7. The van der Waals surface area contributed by atoms with E-state index in [0.29, 0.717) is 11.3 Å². The van der Waals surface area contributed by atoms with E-state index in [1.165, 1.54) is 12.1 Å². The highest BCUT2D eigenvalue weighted by Gasteiger charge is 2.09. The van der Waals surface area contributed by atoms with E-state index in [1.54, 1.807) is 12.1 Å². The number of hydrogen-bond acceptors (Lipinski definition) is 4. The van der Waals surface area contributed by atoms with Crippen molar-refractivity contribution >= 4 is 21.7 Å². The molecule has 4 heteroatoms. The molecule has 0 unspecified atom stereocenters. The quantitative estimate of drug-likeness (QED) is 0.614. The normalized spacial score (nSPS) is 11.0. The van der Waals surface area contributed by atoms with Crippen LogP contribution in [-0.2, 0) is 6.61 Å². The first-order valence-corrected chi connectivity index (χ1v) is 7.58. The Morgan fingerprint density at radius 1 is 0.958 bits per heavy atom. The summed E-state index contributed by atoms with van der Waals surface area (Å²) in [5.41, 5.74) is 0.0601. The molecule has 1 aromatic heterocycles. The Hall–Kier alpha value is -3.27. The van der Waals surface area contributed by atoms with Gasteiger partial charge in [0.25, 0.3) is 0 Å². The smallest absolute Gasteiger partial charge is 0.196 e. The Bertz CT molecular complexity index is 1090. The highest BCUT2D eigenvalue weighted by atomic mass is 16.5. The van der Waals surface area contributed by atoms with Crippen LogP contribution in [0.2, 0.25) is 0 Å². The minimum absolute atomic E-state index is 0.0808. The standard InChI is InChI=1S/C20H14O4/c21-16-8-4-10-19-20(16)17(22)11-14(24-19)12-23-18-9-3-6-13-5-1-2-7-15(13)18/h1-11,21H,12H2. The maximum Gasteiger partial charge on any atom is 0.196 e. The van der Waals surface area contributed by atoms with E-state index >= 15 is 0 Å². The highest BCUT2D eigenvalue weighted by molar-refractivity contribution is 5.88. The number of phenols is 1. The van der Waals surface area contributed by atoms with Gasteiger partial charge in [0.05, 0.1) is 0 Å². The maximum absolute atomic E-state index is 12.2. The van der Waals surface area contributed by atoms with Crippen molar-refractivity contribution in [1.82, 2.24) is 0 Å². The summed E-state index contributed by atoms with van der Waals surface area (Å²) in [6, 6.07) is 19.8. The third kappa shape index (κ3) is 2.48. The summed E-state index contributed by atoms with van der Waals surface area (Å²) in [7, 11) is 0. The zero-order chi connectivity index (χ0) is 16.5. The molecule has 0 saturated heterocycles. The molecule has 0 fully saturated rings. The van der Waals surface area contributed by atoms with Crippen LogP contribution in [0.25, 0.3) is 21.7 Å². The number of fused-ring (bicyclic) bond motifs is 2. The second-order valence-electron chi connectivity index (χ2n) is 5.49. The van der Waals surface area contributed by atoms with Crippen LogP contribution in [0.5, 0.6) is 11.5 Å². The molecule has 24 heavy (non-hydrogen) atoms. The van der Waals surface area contributed by atoms with Gasteiger partial charge in [-0.2, -0.15) is 0 Å². The van der Waals surface area contributed by atoms with E-state index in [4.69, 9.17) is 9.15 Å². The van der Waals surface area contributed by atoms with Crippen molar-refractivity contribution in [3.8, 4) is 11.5 Å². The van der Waals surface area contributed by atoms with Crippen molar-refractivity contribution in [3.63, 3.8) is 0 Å². The Morgan fingerprint density at radius 3 is 2.67 bits per heavy atom. The van der Waals surface area contributed by atoms with Crippen LogP contribution >= 0.6 is 0 Å². The molecular weight excluding hydrogens is 304 g/mol. The molecule has 4 aromatic rings. The summed E-state index contributed by atoms with van der Waals surface area (Å²) < 4.78 is 11.5. The first kappa shape index (κ1) is 14.3. The number of benzene rings is 3. The molecule has 3 aromatic carbocycles. The molecule has 0 amide bonds. The Kier molecular flexibility index (Phi) is 3.43. The highest BCUT2D eigenvalue weighted by Crippen LogP contribution is 2.26. The molecule has 0 bridgehead atoms. The van der Waals surface area contributed by atoms with Gasteiger partial charge in [-0.3, -0.25) is 4.79 Å². The van der Waals surface area contributed by atoms with Gasteiger partial charge in [0.2, 0.25) is 0 Å². The number of ether oxygens (including phenoxy) is 1. The maximum atomic E-state index is 12.2. The predicted octanol–water partition coefficient (Wildman–Crippen LogP) is 4.23. The van der Waals surface area contributed by atoms with Crippen LogP contribution in [0.15, 0.2) is 75.9 Å². The summed E-state index contributed by atoms with van der Waals surface area (Å²) in [5, 5.41) is 12.0. The third-order valence-corrected chi connectivity index (χ3v) is 3.90. The van der Waals surface area contributed by atoms with E-state index in [9.17, 15) is 9.90 Å². The van der Waals surface area contributed by atoms with E-state index < -0.39 is 0 Å². The third-order valence-electron chi connectivity index (χ3n) is 3.90. The summed E-state index contributed by atoms with van der Waals surface area (Å²) in [6.45, 7) is 0.134. The Labute approximate surface area is 137 Å². The molecule has 0 atom stereocenters. The molecule has 0 aliphatic rings. The number of rotatable bonds is 3. The van der Waals surface area contributed by atoms with Crippen molar-refractivity contribution in [2.75, 3.05) is 0 Å². The molecule has 1 N–H and O–H groups in total. The number of phenolic OH excluding ortho intramolecular Hbond substituents is 1. The Morgan fingerprint density at radius 2 is 1.75 bits per heavy atom. The summed E-state index contributed by atoms with van der Waals surface area (Å²) in [5.74, 6) is 1.06. The van der Waals surface area contributed by atoms with Crippen molar-refractivity contribution in [3.05, 3.63) is 82.7 Å². The van der Waals surface area contributed by atoms with Crippen LogP contribution in [0, 0.1) is 0 Å². The molecule has 0 radical (unpaired) electrons.